The van der Waals surface area contributed by atoms with Gasteiger partial charge in [0.25, 0.3) is 5.91 Å². The fourth-order valence-corrected chi connectivity index (χ4v) is 3.96. The molecule has 0 unspecified atom stereocenters. The summed E-state index contributed by atoms with van der Waals surface area (Å²) in [5.74, 6) is 0.473. The molecule has 26 heavy (non-hydrogen) atoms. The number of carbonyl (C=O) groups excluding carboxylic acids is 2. The van der Waals surface area contributed by atoms with Gasteiger partial charge in [-0.2, -0.15) is 0 Å². The zero-order valence-electron chi connectivity index (χ0n) is 14.9. The molecule has 0 spiro atoms. The van der Waals surface area contributed by atoms with Gasteiger partial charge in [-0.25, -0.2) is 0 Å². The smallest absolute Gasteiger partial charge is 0.255 e. The molecular formula is C20H23N3O2S. The van der Waals surface area contributed by atoms with Gasteiger partial charge in [0.05, 0.1) is 11.3 Å². The molecule has 1 saturated heterocycles. The average molecular weight is 369 g/mol. The Morgan fingerprint density at radius 2 is 1.92 bits per heavy atom. The third-order valence-corrected chi connectivity index (χ3v) is 5.47. The van der Waals surface area contributed by atoms with Gasteiger partial charge in [0.1, 0.15) is 0 Å². The van der Waals surface area contributed by atoms with Gasteiger partial charge in [-0.05, 0) is 36.6 Å². The molecular weight excluding hydrogens is 346 g/mol. The molecule has 1 fully saturated rings. The van der Waals surface area contributed by atoms with Crippen molar-refractivity contribution in [3.8, 4) is 0 Å². The van der Waals surface area contributed by atoms with Gasteiger partial charge in [0.2, 0.25) is 5.91 Å². The van der Waals surface area contributed by atoms with Crippen LogP contribution >= 0.6 is 11.8 Å². The van der Waals surface area contributed by atoms with Crippen LogP contribution in [0, 0.1) is 0 Å². The van der Waals surface area contributed by atoms with Crippen LogP contribution in [-0.2, 0) is 11.3 Å². The summed E-state index contributed by atoms with van der Waals surface area (Å²) in [5, 5.41) is 0. The monoisotopic (exact) mass is 369 g/mol. The predicted molar refractivity (Wildman–Crippen MR) is 103 cm³/mol. The molecule has 0 atom stereocenters. The number of aromatic nitrogens is 1. The topological polar surface area (TPSA) is 53.5 Å². The van der Waals surface area contributed by atoms with Crippen LogP contribution in [0.4, 0.5) is 0 Å². The molecule has 5 nitrogen and oxygen atoms in total. The maximum atomic E-state index is 12.9. The molecule has 0 aliphatic carbocycles. The van der Waals surface area contributed by atoms with E-state index in [0.717, 1.165) is 36.4 Å². The predicted octanol–water partition coefficient (Wildman–Crippen LogP) is 3.07. The highest BCUT2D eigenvalue weighted by atomic mass is 32.2. The third-order valence-electron chi connectivity index (χ3n) is 4.42. The van der Waals surface area contributed by atoms with Crippen molar-refractivity contribution in [1.29, 1.82) is 0 Å². The van der Waals surface area contributed by atoms with Crippen molar-refractivity contribution in [3.63, 3.8) is 0 Å². The number of pyridine rings is 1. The van der Waals surface area contributed by atoms with Gasteiger partial charge < -0.3 is 9.80 Å². The number of rotatable bonds is 6. The van der Waals surface area contributed by atoms with E-state index in [1.807, 2.05) is 41.3 Å². The number of hydrogen-bond acceptors (Lipinski definition) is 4. The Morgan fingerprint density at radius 1 is 1.15 bits per heavy atom. The third kappa shape index (κ3) is 4.64. The molecule has 1 aliphatic heterocycles. The zero-order valence-corrected chi connectivity index (χ0v) is 15.7. The second kappa shape index (κ2) is 8.85. The van der Waals surface area contributed by atoms with Crippen molar-refractivity contribution in [2.75, 3.05) is 25.9 Å². The largest absolute Gasteiger partial charge is 0.342 e. The lowest BCUT2D eigenvalue weighted by Gasteiger charge is -2.19. The number of nitrogens with zero attached hydrogens (tertiary/aromatic N) is 3. The first kappa shape index (κ1) is 18.5. The summed E-state index contributed by atoms with van der Waals surface area (Å²) >= 11 is 1.44. The van der Waals surface area contributed by atoms with E-state index < -0.39 is 0 Å². The van der Waals surface area contributed by atoms with Crippen LogP contribution in [0.1, 0.15) is 28.8 Å². The van der Waals surface area contributed by atoms with Crippen LogP contribution in [0.3, 0.4) is 0 Å². The molecule has 2 heterocycles. The second-order valence-electron chi connectivity index (χ2n) is 6.40. The minimum absolute atomic E-state index is 0.0504. The Labute approximate surface area is 158 Å². The summed E-state index contributed by atoms with van der Waals surface area (Å²) in [6, 6.07) is 11.3. The summed E-state index contributed by atoms with van der Waals surface area (Å²) in [5.41, 5.74) is 1.62. The summed E-state index contributed by atoms with van der Waals surface area (Å²) in [6.07, 6.45) is 5.66. The second-order valence-corrected chi connectivity index (χ2v) is 7.41. The maximum absolute atomic E-state index is 12.9. The van der Waals surface area contributed by atoms with Gasteiger partial charge in [-0.1, -0.05) is 18.2 Å². The quantitative estimate of drug-likeness (QED) is 0.735. The minimum Gasteiger partial charge on any atom is -0.342 e. The fourth-order valence-electron chi connectivity index (χ4n) is 3.01. The van der Waals surface area contributed by atoms with Crippen molar-refractivity contribution in [2.24, 2.45) is 0 Å². The number of amides is 2. The molecule has 0 saturated carbocycles. The van der Waals surface area contributed by atoms with Gasteiger partial charge >= 0.3 is 0 Å². The van der Waals surface area contributed by atoms with Crippen molar-refractivity contribution < 1.29 is 9.59 Å². The van der Waals surface area contributed by atoms with Crippen LogP contribution < -0.4 is 0 Å². The normalized spacial score (nSPS) is 13.7. The van der Waals surface area contributed by atoms with Crippen LogP contribution in [0.25, 0.3) is 0 Å². The van der Waals surface area contributed by atoms with Gasteiger partial charge in [-0.15, -0.1) is 11.8 Å². The van der Waals surface area contributed by atoms with E-state index in [1.54, 1.807) is 24.3 Å². The lowest BCUT2D eigenvalue weighted by Crippen LogP contribution is -2.29. The fraction of sp³-hybridized carbons (Fsp3) is 0.350. The summed E-state index contributed by atoms with van der Waals surface area (Å²) < 4.78 is 0. The highest BCUT2D eigenvalue weighted by Crippen LogP contribution is 2.25. The van der Waals surface area contributed by atoms with Crippen LogP contribution in [0.2, 0.25) is 0 Å². The SMILES string of the molecule is CN(Cc1cccnc1)C(=O)c1ccccc1SCC(=O)N1CCCC1. The Morgan fingerprint density at radius 3 is 2.65 bits per heavy atom. The van der Waals surface area contributed by atoms with E-state index >= 15 is 0 Å². The molecule has 6 heteroatoms. The molecule has 2 amide bonds. The molecule has 3 rings (SSSR count). The lowest BCUT2D eigenvalue weighted by molar-refractivity contribution is -0.127. The Hall–Kier alpha value is -2.34. The zero-order chi connectivity index (χ0) is 18.4. The van der Waals surface area contributed by atoms with E-state index in [2.05, 4.69) is 4.98 Å². The molecule has 0 radical (unpaired) electrons. The Bertz CT molecular complexity index is 761. The maximum Gasteiger partial charge on any atom is 0.255 e. The molecule has 136 valence electrons. The molecule has 1 aliphatic rings. The van der Waals surface area contributed by atoms with Crippen molar-refractivity contribution >= 4 is 23.6 Å². The van der Waals surface area contributed by atoms with E-state index in [4.69, 9.17) is 0 Å². The van der Waals surface area contributed by atoms with Gasteiger partial charge in [0, 0.05) is 44.0 Å². The minimum atomic E-state index is -0.0504. The summed E-state index contributed by atoms with van der Waals surface area (Å²) in [4.78, 5) is 33.7. The van der Waals surface area contributed by atoms with Gasteiger partial charge in [-0.3, -0.25) is 14.6 Å². The highest BCUT2D eigenvalue weighted by Gasteiger charge is 2.20. The number of likely N-dealkylation sites (tertiary alicyclic amines) is 1. The molecule has 2 aromatic rings. The molecule has 1 aromatic heterocycles. The first-order chi connectivity index (χ1) is 12.6. The first-order valence-electron chi connectivity index (χ1n) is 8.79. The number of carbonyl (C=O) groups is 2. The van der Waals surface area contributed by atoms with E-state index in [0.29, 0.717) is 17.9 Å². The standard InChI is InChI=1S/C20H23N3O2S/c1-22(14-16-7-6-10-21-13-16)20(25)17-8-2-3-9-18(17)26-15-19(24)23-11-4-5-12-23/h2-3,6-10,13H,4-5,11-12,14-15H2,1H3. The lowest BCUT2D eigenvalue weighted by atomic mass is 10.2. The summed E-state index contributed by atoms with van der Waals surface area (Å²) in [6.45, 7) is 2.21. The first-order valence-corrected chi connectivity index (χ1v) is 9.77. The molecule has 1 aromatic carbocycles. The van der Waals surface area contributed by atoms with Crippen LogP contribution in [0.5, 0.6) is 0 Å². The molecule has 0 bridgehead atoms. The van der Waals surface area contributed by atoms with E-state index in [-0.39, 0.29) is 11.8 Å². The van der Waals surface area contributed by atoms with E-state index in [1.165, 1.54) is 11.8 Å². The van der Waals surface area contributed by atoms with Crippen LogP contribution in [-0.4, -0.2) is 52.5 Å². The van der Waals surface area contributed by atoms with Crippen molar-refractivity contribution in [1.82, 2.24) is 14.8 Å². The Balaban J connectivity index is 1.65. The highest BCUT2D eigenvalue weighted by molar-refractivity contribution is 8.00. The van der Waals surface area contributed by atoms with Crippen LogP contribution in [0.15, 0.2) is 53.7 Å². The van der Waals surface area contributed by atoms with Gasteiger partial charge in [0.15, 0.2) is 0 Å². The molecule has 0 N–H and O–H groups in total. The van der Waals surface area contributed by atoms with E-state index in [9.17, 15) is 9.59 Å². The van der Waals surface area contributed by atoms with Crippen molar-refractivity contribution in [3.05, 3.63) is 59.9 Å². The number of benzene rings is 1. The number of hydrogen-bond donors (Lipinski definition) is 0. The average Bonchev–Trinajstić information content (AvgIpc) is 3.21. The number of thioether (sulfide) groups is 1. The van der Waals surface area contributed by atoms with Crippen molar-refractivity contribution in [2.45, 2.75) is 24.3 Å². The Kier molecular flexibility index (Phi) is 6.28. The summed E-state index contributed by atoms with van der Waals surface area (Å²) in [7, 11) is 1.78.